The molecule has 0 aromatic rings. The van der Waals surface area contributed by atoms with Crippen LogP contribution < -0.4 is 10.6 Å². The monoisotopic (exact) mass is 310 g/mol. The fourth-order valence-electron chi connectivity index (χ4n) is 2.42. The van der Waals surface area contributed by atoms with E-state index in [1.807, 2.05) is 0 Å². The van der Waals surface area contributed by atoms with Gasteiger partial charge < -0.3 is 10.6 Å². The third-order valence-corrected chi connectivity index (χ3v) is 3.80. The summed E-state index contributed by atoms with van der Waals surface area (Å²) in [5.41, 5.74) is 0. The van der Waals surface area contributed by atoms with Crippen molar-refractivity contribution in [1.82, 2.24) is 15.5 Å². The van der Waals surface area contributed by atoms with Gasteiger partial charge in [-0.3, -0.25) is 19.5 Å². The Kier molecular flexibility index (Phi) is 7.91. The molecule has 1 fully saturated rings. The van der Waals surface area contributed by atoms with Crippen LogP contribution in [0.4, 0.5) is 0 Å². The Balaban J connectivity index is 2.31. The number of imide groups is 1. The van der Waals surface area contributed by atoms with Gasteiger partial charge in [-0.2, -0.15) is 0 Å². The minimum atomic E-state index is -0.0636. The lowest BCUT2D eigenvalue weighted by atomic mass is 10.0. The maximum Gasteiger partial charge on any atom is 0.229 e. The molecule has 126 valence electrons. The lowest BCUT2D eigenvalue weighted by Gasteiger charge is -2.25. The van der Waals surface area contributed by atoms with E-state index in [0.29, 0.717) is 50.3 Å². The van der Waals surface area contributed by atoms with E-state index in [9.17, 15) is 9.59 Å². The molecule has 22 heavy (non-hydrogen) atoms. The zero-order valence-electron chi connectivity index (χ0n) is 14.3. The first-order valence-corrected chi connectivity index (χ1v) is 8.24. The van der Waals surface area contributed by atoms with Gasteiger partial charge in [-0.25, -0.2) is 0 Å². The summed E-state index contributed by atoms with van der Waals surface area (Å²) in [5, 5.41) is 6.50. The Labute approximate surface area is 133 Å². The van der Waals surface area contributed by atoms with Gasteiger partial charge in [0.2, 0.25) is 11.8 Å². The fourth-order valence-corrected chi connectivity index (χ4v) is 2.42. The second-order valence-corrected chi connectivity index (χ2v) is 6.31. The summed E-state index contributed by atoms with van der Waals surface area (Å²) in [6.45, 7) is 7.48. The highest BCUT2D eigenvalue weighted by Crippen LogP contribution is 2.11. The first kappa shape index (κ1) is 18.5. The predicted octanol–water partition coefficient (Wildman–Crippen LogP) is 1.52. The topological polar surface area (TPSA) is 73.8 Å². The lowest BCUT2D eigenvalue weighted by Crippen LogP contribution is -2.48. The third kappa shape index (κ3) is 6.45. The van der Waals surface area contributed by atoms with Crippen molar-refractivity contribution >= 4 is 17.8 Å². The van der Waals surface area contributed by atoms with Crippen molar-refractivity contribution in [3.05, 3.63) is 0 Å². The number of rotatable bonds is 7. The summed E-state index contributed by atoms with van der Waals surface area (Å²) in [6.07, 6.45) is 3.89. The number of nitrogens with zero attached hydrogens (tertiary/aromatic N) is 2. The fraction of sp³-hybridized carbons (Fsp3) is 0.812. The SMILES string of the molecule is CN=C(NCCN1C(=O)CCCC1=O)NC(C)CCC(C)C. The minimum Gasteiger partial charge on any atom is -0.355 e. The van der Waals surface area contributed by atoms with Crippen LogP contribution in [0, 0.1) is 5.92 Å². The number of likely N-dealkylation sites (tertiary alicyclic amines) is 1. The van der Waals surface area contributed by atoms with Crippen molar-refractivity contribution in [2.24, 2.45) is 10.9 Å². The van der Waals surface area contributed by atoms with E-state index < -0.39 is 0 Å². The van der Waals surface area contributed by atoms with E-state index in [1.165, 1.54) is 11.3 Å². The van der Waals surface area contributed by atoms with Crippen LogP contribution in [0.25, 0.3) is 0 Å². The molecule has 0 aromatic heterocycles. The van der Waals surface area contributed by atoms with E-state index in [1.54, 1.807) is 7.05 Å². The Bertz CT molecular complexity index is 391. The first-order valence-electron chi connectivity index (χ1n) is 8.24. The van der Waals surface area contributed by atoms with Crippen molar-refractivity contribution in [2.75, 3.05) is 20.1 Å². The van der Waals surface area contributed by atoms with Gasteiger partial charge in [0.1, 0.15) is 0 Å². The molecule has 2 amide bonds. The van der Waals surface area contributed by atoms with E-state index >= 15 is 0 Å². The lowest BCUT2D eigenvalue weighted by molar-refractivity contribution is -0.147. The van der Waals surface area contributed by atoms with Crippen molar-refractivity contribution in [1.29, 1.82) is 0 Å². The van der Waals surface area contributed by atoms with Crippen LogP contribution in [-0.4, -0.2) is 48.9 Å². The molecule has 1 aliphatic rings. The zero-order chi connectivity index (χ0) is 16.5. The van der Waals surface area contributed by atoms with Crippen LogP contribution in [-0.2, 0) is 9.59 Å². The maximum absolute atomic E-state index is 11.7. The molecule has 0 aliphatic carbocycles. The van der Waals surface area contributed by atoms with Gasteiger partial charge in [-0.05, 0) is 32.1 Å². The Morgan fingerprint density at radius 3 is 2.36 bits per heavy atom. The smallest absolute Gasteiger partial charge is 0.229 e. The molecule has 6 nitrogen and oxygen atoms in total. The number of amides is 2. The number of guanidine groups is 1. The molecule has 1 atom stereocenters. The standard InChI is InChI=1S/C16H30N4O2/c1-12(2)8-9-13(3)19-16(17-4)18-10-11-20-14(21)6-5-7-15(20)22/h12-13H,5-11H2,1-4H3,(H2,17,18,19). The van der Waals surface area contributed by atoms with Crippen LogP contribution in [0.2, 0.25) is 0 Å². The van der Waals surface area contributed by atoms with Crippen molar-refractivity contribution in [2.45, 2.75) is 58.9 Å². The van der Waals surface area contributed by atoms with Crippen LogP contribution in [0.5, 0.6) is 0 Å². The Morgan fingerprint density at radius 1 is 1.18 bits per heavy atom. The van der Waals surface area contributed by atoms with Gasteiger partial charge in [-0.15, -0.1) is 0 Å². The average molecular weight is 310 g/mol. The quantitative estimate of drug-likeness (QED) is 0.425. The van der Waals surface area contributed by atoms with Gasteiger partial charge in [-0.1, -0.05) is 13.8 Å². The second-order valence-electron chi connectivity index (χ2n) is 6.31. The van der Waals surface area contributed by atoms with Gasteiger partial charge in [0.05, 0.1) is 0 Å². The van der Waals surface area contributed by atoms with Crippen LogP contribution in [0.1, 0.15) is 52.9 Å². The molecule has 1 aliphatic heterocycles. The van der Waals surface area contributed by atoms with Crippen LogP contribution in [0.3, 0.4) is 0 Å². The summed E-state index contributed by atoms with van der Waals surface area (Å²) < 4.78 is 0. The van der Waals surface area contributed by atoms with E-state index in [-0.39, 0.29) is 11.8 Å². The zero-order valence-corrected chi connectivity index (χ0v) is 14.3. The van der Waals surface area contributed by atoms with Crippen molar-refractivity contribution < 1.29 is 9.59 Å². The predicted molar refractivity (Wildman–Crippen MR) is 88.6 cm³/mol. The minimum absolute atomic E-state index is 0.0636. The molecule has 1 heterocycles. The highest BCUT2D eigenvalue weighted by atomic mass is 16.2. The maximum atomic E-state index is 11.7. The normalized spacial score (nSPS) is 17.9. The number of carbonyl (C=O) groups is 2. The number of hydrogen-bond donors (Lipinski definition) is 2. The van der Waals surface area contributed by atoms with Gasteiger partial charge in [0.15, 0.2) is 5.96 Å². The molecular formula is C16H30N4O2. The summed E-state index contributed by atoms with van der Waals surface area (Å²) in [5.74, 6) is 1.28. The van der Waals surface area contributed by atoms with Crippen LogP contribution in [0.15, 0.2) is 4.99 Å². The first-order chi connectivity index (χ1) is 10.4. The number of nitrogens with one attached hydrogen (secondary N) is 2. The molecule has 1 rings (SSSR count). The molecular weight excluding hydrogens is 280 g/mol. The summed E-state index contributed by atoms with van der Waals surface area (Å²) in [7, 11) is 1.72. The van der Waals surface area contributed by atoms with Gasteiger partial charge >= 0.3 is 0 Å². The van der Waals surface area contributed by atoms with Crippen LogP contribution >= 0.6 is 0 Å². The molecule has 1 saturated heterocycles. The summed E-state index contributed by atoms with van der Waals surface area (Å²) >= 11 is 0. The largest absolute Gasteiger partial charge is 0.355 e. The molecule has 0 aromatic carbocycles. The highest BCUT2D eigenvalue weighted by Gasteiger charge is 2.25. The average Bonchev–Trinajstić information content (AvgIpc) is 2.47. The summed E-state index contributed by atoms with van der Waals surface area (Å²) in [4.78, 5) is 29.0. The van der Waals surface area contributed by atoms with E-state index in [4.69, 9.17) is 0 Å². The molecule has 0 bridgehead atoms. The molecule has 2 N–H and O–H groups in total. The van der Waals surface area contributed by atoms with Gasteiger partial charge in [0.25, 0.3) is 0 Å². The molecule has 1 unspecified atom stereocenters. The van der Waals surface area contributed by atoms with E-state index in [0.717, 1.165) is 6.42 Å². The molecule has 0 radical (unpaired) electrons. The van der Waals surface area contributed by atoms with Gasteiger partial charge in [0, 0.05) is 39.0 Å². The van der Waals surface area contributed by atoms with Crippen molar-refractivity contribution in [3.63, 3.8) is 0 Å². The number of carbonyl (C=O) groups excluding carboxylic acids is 2. The second kappa shape index (κ2) is 9.43. The Hall–Kier alpha value is -1.59. The molecule has 0 spiro atoms. The third-order valence-electron chi connectivity index (χ3n) is 3.80. The molecule has 0 saturated carbocycles. The number of hydrogen-bond acceptors (Lipinski definition) is 3. The van der Waals surface area contributed by atoms with Crippen molar-refractivity contribution in [3.8, 4) is 0 Å². The summed E-state index contributed by atoms with van der Waals surface area (Å²) in [6, 6.07) is 0.340. The number of piperidine rings is 1. The highest BCUT2D eigenvalue weighted by molar-refractivity contribution is 5.97. The Morgan fingerprint density at radius 2 is 1.82 bits per heavy atom. The van der Waals surface area contributed by atoms with E-state index in [2.05, 4.69) is 36.4 Å². The molecule has 6 heteroatoms. The number of aliphatic imine (C=N–C) groups is 1.